The summed E-state index contributed by atoms with van der Waals surface area (Å²) in [7, 11) is 0. The van der Waals surface area contributed by atoms with Crippen molar-refractivity contribution in [2.45, 2.75) is 45.3 Å². The van der Waals surface area contributed by atoms with Gasteiger partial charge in [0.05, 0.1) is 12.2 Å². The molecule has 0 unspecified atom stereocenters. The molecule has 2 saturated heterocycles. The van der Waals surface area contributed by atoms with Gasteiger partial charge in [0.2, 0.25) is 0 Å². The summed E-state index contributed by atoms with van der Waals surface area (Å²) in [6.07, 6.45) is 3.00. The number of ether oxygens (including phenoxy) is 1. The van der Waals surface area contributed by atoms with Crippen LogP contribution in [0.15, 0.2) is 6.20 Å². The minimum atomic E-state index is -0.479. The third kappa shape index (κ3) is 3.80. The average Bonchev–Trinajstić information content (AvgIpc) is 3.22. The van der Waals surface area contributed by atoms with E-state index in [1.165, 1.54) is 0 Å². The van der Waals surface area contributed by atoms with Crippen LogP contribution in [-0.4, -0.2) is 68.6 Å². The van der Waals surface area contributed by atoms with Crippen LogP contribution in [0.2, 0.25) is 0 Å². The third-order valence-electron chi connectivity index (χ3n) is 3.95. The summed E-state index contributed by atoms with van der Waals surface area (Å²) in [5.74, 6) is -0.0533. The van der Waals surface area contributed by atoms with E-state index in [0.717, 1.165) is 25.9 Å². The van der Waals surface area contributed by atoms with Gasteiger partial charge in [0.1, 0.15) is 5.60 Å². The Labute approximate surface area is 135 Å². The average molecular weight is 321 g/mol. The summed E-state index contributed by atoms with van der Waals surface area (Å²) in [5, 5.41) is 8.06. The molecule has 23 heavy (non-hydrogen) atoms. The van der Waals surface area contributed by atoms with Crippen molar-refractivity contribution in [3.8, 4) is 0 Å². The second-order valence-corrected chi connectivity index (χ2v) is 7.07. The van der Waals surface area contributed by atoms with E-state index in [2.05, 4.69) is 10.3 Å². The van der Waals surface area contributed by atoms with Crippen LogP contribution in [0.4, 0.5) is 4.79 Å². The van der Waals surface area contributed by atoms with Crippen molar-refractivity contribution in [1.82, 2.24) is 24.8 Å². The molecule has 2 aliphatic rings. The molecule has 3 rings (SSSR count). The van der Waals surface area contributed by atoms with Gasteiger partial charge in [-0.05, 0) is 33.6 Å². The Bertz CT molecular complexity index is 594. The van der Waals surface area contributed by atoms with Gasteiger partial charge >= 0.3 is 6.09 Å². The Hall–Kier alpha value is -2.12. The number of carbonyl (C=O) groups is 2. The summed E-state index contributed by atoms with van der Waals surface area (Å²) >= 11 is 0. The van der Waals surface area contributed by atoms with E-state index in [1.807, 2.05) is 20.8 Å². The Morgan fingerprint density at radius 3 is 2.35 bits per heavy atom. The first-order chi connectivity index (χ1) is 10.8. The fourth-order valence-electron chi connectivity index (χ4n) is 2.61. The van der Waals surface area contributed by atoms with Crippen molar-refractivity contribution in [3.63, 3.8) is 0 Å². The first-order valence-electron chi connectivity index (χ1n) is 8.02. The molecule has 0 N–H and O–H groups in total. The molecule has 0 bridgehead atoms. The van der Waals surface area contributed by atoms with Crippen LogP contribution in [-0.2, 0) is 4.74 Å². The Morgan fingerprint density at radius 1 is 1.13 bits per heavy atom. The van der Waals surface area contributed by atoms with Gasteiger partial charge in [-0.1, -0.05) is 5.21 Å². The lowest BCUT2D eigenvalue weighted by atomic mass is 10.1. The summed E-state index contributed by atoms with van der Waals surface area (Å²) in [5.41, 5.74) is -0.0789. The normalized spacial score (nSPS) is 18.9. The van der Waals surface area contributed by atoms with Crippen molar-refractivity contribution in [1.29, 1.82) is 0 Å². The van der Waals surface area contributed by atoms with Crippen molar-refractivity contribution in [3.05, 3.63) is 11.9 Å². The van der Waals surface area contributed by atoms with E-state index in [1.54, 1.807) is 20.7 Å². The van der Waals surface area contributed by atoms with E-state index < -0.39 is 5.60 Å². The van der Waals surface area contributed by atoms with Crippen LogP contribution < -0.4 is 0 Å². The molecule has 2 aliphatic heterocycles. The molecule has 0 spiro atoms. The molecule has 126 valence electrons. The van der Waals surface area contributed by atoms with E-state index in [-0.39, 0.29) is 18.0 Å². The summed E-state index contributed by atoms with van der Waals surface area (Å²) < 4.78 is 7.14. The number of rotatable bonds is 2. The van der Waals surface area contributed by atoms with Crippen LogP contribution in [0, 0.1) is 0 Å². The number of hydrogen-bond acceptors (Lipinski definition) is 5. The molecule has 2 amide bonds. The smallest absolute Gasteiger partial charge is 0.410 e. The first-order valence-corrected chi connectivity index (χ1v) is 8.02. The highest BCUT2D eigenvalue weighted by atomic mass is 16.6. The van der Waals surface area contributed by atoms with E-state index >= 15 is 0 Å². The van der Waals surface area contributed by atoms with Crippen molar-refractivity contribution >= 4 is 12.0 Å². The minimum Gasteiger partial charge on any atom is -0.444 e. The summed E-state index contributed by atoms with van der Waals surface area (Å²) in [6, 6.07) is 0.164. The highest BCUT2D eigenvalue weighted by molar-refractivity contribution is 5.93. The van der Waals surface area contributed by atoms with Crippen LogP contribution in [0.3, 0.4) is 0 Å². The van der Waals surface area contributed by atoms with Gasteiger partial charge in [0.25, 0.3) is 5.91 Å². The topological polar surface area (TPSA) is 80.3 Å². The van der Waals surface area contributed by atoms with Crippen LogP contribution in [0.5, 0.6) is 0 Å². The van der Waals surface area contributed by atoms with Crippen molar-refractivity contribution in [2.75, 3.05) is 26.2 Å². The quantitative estimate of drug-likeness (QED) is 0.767. The van der Waals surface area contributed by atoms with E-state index in [9.17, 15) is 9.59 Å². The maximum Gasteiger partial charge on any atom is 0.410 e. The SMILES string of the molecule is CC(C)(C)OC(=O)N1CCC(n2cc(C(=O)N3CC3)nn2)CC1. The maximum atomic E-state index is 12.1. The van der Waals surface area contributed by atoms with Gasteiger partial charge in [-0.25, -0.2) is 9.48 Å². The molecule has 0 radical (unpaired) electrons. The Kier molecular flexibility index (Phi) is 3.99. The fraction of sp³-hybridized carbons (Fsp3) is 0.733. The zero-order valence-electron chi connectivity index (χ0n) is 13.9. The van der Waals surface area contributed by atoms with Gasteiger partial charge in [-0.3, -0.25) is 4.79 Å². The van der Waals surface area contributed by atoms with Gasteiger partial charge in [0.15, 0.2) is 5.69 Å². The number of amides is 2. The Morgan fingerprint density at radius 2 is 1.78 bits per heavy atom. The minimum absolute atomic E-state index is 0.0533. The van der Waals surface area contributed by atoms with Gasteiger partial charge in [-0.2, -0.15) is 0 Å². The summed E-state index contributed by atoms with van der Waals surface area (Å²) in [4.78, 5) is 27.4. The van der Waals surface area contributed by atoms with Crippen LogP contribution in [0.25, 0.3) is 0 Å². The van der Waals surface area contributed by atoms with E-state index in [4.69, 9.17) is 4.74 Å². The number of aromatic nitrogens is 3. The van der Waals surface area contributed by atoms with Crippen molar-refractivity contribution < 1.29 is 14.3 Å². The maximum absolute atomic E-state index is 12.1. The molecule has 3 heterocycles. The third-order valence-corrected chi connectivity index (χ3v) is 3.95. The standard InChI is InChI=1S/C15H23N5O3/c1-15(2,3)23-14(22)19-6-4-11(5-7-19)20-10-12(16-17-20)13(21)18-8-9-18/h10-11H,4-9H2,1-3H3. The van der Waals surface area contributed by atoms with E-state index in [0.29, 0.717) is 18.8 Å². The molecule has 0 aromatic carbocycles. The monoisotopic (exact) mass is 321 g/mol. The zero-order valence-corrected chi connectivity index (χ0v) is 13.9. The number of likely N-dealkylation sites (tertiary alicyclic amines) is 1. The molecule has 1 aromatic rings. The summed E-state index contributed by atoms with van der Waals surface area (Å²) in [6.45, 7) is 8.44. The molecule has 8 nitrogen and oxygen atoms in total. The molecular formula is C15H23N5O3. The van der Waals surface area contributed by atoms with Gasteiger partial charge in [0, 0.05) is 26.2 Å². The Balaban J connectivity index is 1.54. The lowest BCUT2D eigenvalue weighted by Crippen LogP contribution is -2.42. The molecule has 0 aliphatic carbocycles. The molecular weight excluding hydrogens is 298 g/mol. The molecule has 1 aromatic heterocycles. The second kappa shape index (κ2) is 5.82. The van der Waals surface area contributed by atoms with Crippen LogP contribution in [0.1, 0.15) is 50.1 Å². The fourth-order valence-corrected chi connectivity index (χ4v) is 2.61. The number of carbonyl (C=O) groups excluding carboxylic acids is 2. The predicted molar refractivity (Wildman–Crippen MR) is 82.0 cm³/mol. The lowest BCUT2D eigenvalue weighted by molar-refractivity contribution is 0.0184. The number of nitrogens with zero attached hydrogens (tertiary/aromatic N) is 5. The predicted octanol–water partition coefficient (Wildman–Crippen LogP) is 1.31. The lowest BCUT2D eigenvalue weighted by Gasteiger charge is -2.33. The second-order valence-electron chi connectivity index (χ2n) is 7.07. The highest BCUT2D eigenvalue weighted by Gasteiger charge is 2.30. The zero-order chi connectivity index (χ0) is 16.6. The molecule has 0 saturated carbocycles. The largest absolute Gasteiger partial charge is 0.444 e. The van der Waals surface area contributed by atoms with Crippen LogP contribution >= 0.6 is 0 Å². The van der Waals surface area contributed by atoms with Crippen molar-refractivity contribution in [2.24, 2.45) is 0 Å². The molecule has 2 fully saturated rings. The number of hydrogen-bond donors (Lipinski definition) is 0. The first kappa shape index (κ1) is 15.8. The number of piperidine rings is 1. The highest BCUT2D eigenvalue weighted by Crippen LogP contribution is 2.23. The molecule has 0 atom stereocenters. The van der Waals surface area contributed by atoms with Gasteiger partial charge < -0.3 is 14.5 Å². The molecule has 8 heteroatoms. The van der Waals surface area contributed by atoms with Gasteiger partial charge in [-0.15, -0.1) is 5.10 Å².